The number of nitrogens with one attached hydrogen (secondary N) is 2. The standard InChI is InChI=1S/C27H16Cl3N3O3S/c28-17-4-1-15(2-5-17)23-11-7-19(35-23)8-12-25(34)33-27(37)32-21-13-16(3-9-20(21)30)26-31-22-14-18(29)6-10-24(22)36-26/h1-14H,(H2,32,33,34,37). The predicted octanol–water partition coefficient (Wildman–Crippen LogP) is 8.24. The number of carbonyl (C=O) groups is 1. The van der Waals surface area contributed by atoms with Crippen LogP contribution in [0.3, 0.4) is 0 Å². The quantitative estimate of drug-likeness (QED) is 0.164. The number of aromatic nitrogens is 1. The lowest BCUT2D eigenvalue weighted by Gasteiger charge is -2.10. The Balaban J connectivity index is 1.23. The van der Waals surface area contributed by atoms with Crippen LogP contribution in [-0.4, -0.2) is 16.0 Å². The van der Waals surface area contributed by atoms with Crippen LogP contribution in [0.2, 0.25) is 15.1 Å². The van der Waals surface area contributed by atoms with Crippen LogP contribution in [0.1, 0.15) is 5.76 Å². The summed E-state index contributed by atoms with van der Waals surface area (Å²) < 4.78 is 11.6. The van der Waals surface area contributed by atoms with E-state index in [0.29, 0.717) is 54.8 Å². The van der Waals surface area contributed by atoms with Gasteiger partial charge in [-0.25, -0.2) is 4.98 Å². The summed E-state index contributed by atoms with van der Waals surface area (Å²) >= 11 is 23.6. The van der Waals surface area contributed by atoms with Crippen molar-refractivity contribution in [3.05, 3.63) is 99.7 Å². The molecule has 0 aliphatic carbocycles. The van der Waals surface area contributed by atoms with Gasteiger partial charge in [0.1, 0.15) is 17.0 Å². The van der Waals surface area contributed by atoms with E-state index < -0.39 is 5.91 Å². The van der Waals surface area contributed by atoms with Crippen molar-refractivity contribution in [3.8, 4) is 22.8 Å². The van der Waals surface area contributed by atoms with Crippen molar-refractivity contribution in [2.75, 3.05) is 5.32 Å². The number of thiocarbonyl (C=S) groups is 1. The molecular formula is C27H16Cl3N3O3S. The van der Waals surface area contributed by atoms with E-state index in [1.54, 1.807) is 60.7 Å². The molecule has 5 rings (SSSR count). The summed E-state index contributed by atoms with van der Waals surface area (Å²) in [5.74, 6) is 1.12. The van der Waals surface area contributed by atoms with Crippen molar-refractivity contribution in [3.63, 3.8) is 0 Å². The topological polar surface area (TPSA) is 80.3 Å². The van der Waals surface area contributed by atoms with E-state index in [1.165, 1.54) is 6.08 Å². The minimum Gasteiger partial charge on any atom is -0.457 e. The van der Waals surface area contributed by atoms with Crippen molar-refractivity contribution in [1.29, 1.82) is 0 Å². The Labute approximate surface area is 231 Å². The van der Waals surface area contributed by atoms with Crippen molar-refractivity contribution >= 4 is 80.9 Å². The molecule has 0 aliphatic rings. The summed E-state index contributed by atoms with van der Waals surface area (Å²) in [7, 11) is 0. The minimum atomic E-state index is -0.440. The van der Waals surface area contributed by atoms with Gasteiger partial charge in [0.25, 0.3) is 0 Å². The highest BCUT2D eigenvalue weighted by Gasteiger charge is 2.12. The number of nitrogens with zero attached hydrogens (tertiary/aromatic N) is 1. The molecule has 1 amide bonds. The first-order chi connectivity index (χ1) is 17.8. The van der Waals surface area contributed by atoms with Crippen LogP contribution in [0.15, 0.2) is 87.7 Å². The van der Waals surface area contributed by atoms with E-state index in [-0.39, 0.29) is 5.11 Å². The third-order valence-corrected chi connectivity index (χ3v) is 6.22. The highest BCUT2D eigenvalue weighted by atomic mass is 35.5. The van der Waals surface area contributed by atoms with Gasteiger partial charge in [0, 0.05) is 27.2 Å². The van der Waals surface area contributed by atoms with Crippen LogP contribution in [0.25, 0.3) is 40.0 Å². The van der Waals surface area contributed by atoms with Crippen LogP contribution in [0.5, 0.6) is 0 Å². The summed E-state index contributed by atoms with van der Waals surface area (Å²) in [5, 5.41) is 7.19. The van der Waals surface area contributed by atoms with Crippen LogP contribution in [0, 0.1) is 0 Å². The summed E-state index contributed by atoms with van der Waals surface area (Å²) in [5.41, 5.74) is 3.27. The molecule has 2 N–H and O–H groups in total. The molecule has 10 heteroatoms. The Morgan fingerprint density at radius 2 is 1.62 bits per heavy atom. The molecule has 0 saturated carbocycles. The number of amides is 1. The van der Waals surface area contributed by atoms with Gasteiger partial charge in [-0.2, -0.15) is 0 Å². The first-order valence-electron chi connectivity index (χ1n) is 10.9. The molecule has 0 radical (unpaired) electrons. The smallest absolute Gasteiger partial charge is 0.250 e. The zero-order valence-electron chi connectivity index (χ0n) is 18.8. The third-order valence-electron chi connectivity index (χ3n) is 5.20. The number of halogens is 3. The Bertz CT molecular complexity index is 1660. The fourth-order valence-electron chi connectivity index (χ4n) is 3.45. The number of carbonyl (C=O) groups excluding carboxylic acids is 1. The van der Waals surface area contributed by atoms with Crippen molar-refractivity contribution in [2.24, 2.45) is 0 Å². The van der Waals surface area contributed by atoms with E-state index in [4.69, 9.17) is 55.9 Å². The van der Waals surface area contributed by atoms with Crippen LogP contribution < -0.4 is 10.6 Å². The number of hydrogen-bond acceptors (Lipinski definition) is 5. The average molecular weight is 569 g/mol. The molecule has 6 nitrogen and oxygen atoms in total. The largest absolute Gasteiger partial charge is 0.457 e. The van der Waals surface area contributed by atoms with E-state index in [2.05, 4.69) is 15.6 Å². The van der Waals surface area contributed by atoms with Gasteiger partial charge >= 0.3 is 0 Å². The molecule has 5 aromatic rings. The molecule has 0 aliphatic heterocycles. The summed E-state index contributed by atoms with van der Waals surface area (Å²) in [4.78, 5) is 16.9. The van der Waals surface area contributed by atoms with Gasteiger partial charge in [-0.3, -0.25) is 10.1 Å². The second-order valence-corrected chi connectivity index (χ2v) is 9.50. The number of oxazole rings is 1. The third kappa shape index (κ3) is 6.03. The van der Waals surface area contributed by atoms with Gasteiger partial charge in [0.15, 0.2) is 10.7 Å². The number of rotatable bonds is 5. The van der Waals surface area contributed by atoms with Crippen molar-refractivity contribution in [1.82, 2.24) is 10.3 Å². The SMILES string of the molecule is O=C(C=Cc1ccc(-c2ccc(Cl)cc2)o1)NC(=S)Nc1cc(-c2nc3cc(Cl)ccc3o2)ccc1Cl. The van der Waals surface area contributed by atoms with Gasteiger partial charge in [0.2, 0.25) is 11.8 Å². The van der Waals surface area contributed by atoms with Gasteiger partial charge < -0.3 is 14.2 Å². The van der Waals surface area contributed by atoms with Gasteiger partial charge in [0.05, 0.1) is 10.7 Å². The van der Waals surface area contributed by atoms with E-state index in [1.807, 2.05) is 18.2 Å². The molecule has 184 valence electrons. The lowest BCUT2D eigenvalue weighted by molar-refractivity contribution is -0.115. The van der Waals surface area contributed by atoms with Crippen LogP contribution >= 0.6 is 47.0 Å². The molecule has 0 bridgehead atoms. The molecule has 0 spiro atoms. The normalized spacial score (nSPS) is 11.2. The average Bonchev–Trinajstić information content (AvgIpc) is 3.51. The summed E-state index contributed by atoms with van der Waals surface area (Å²) in [6.45, 7) is 0. The lowest BCUT2D eigenvalue weighted by Crippen LogP contribution is -2.32. The molecule has 3 aromatic carbocycles. The molecule has 0 atom stereocenters. The van der Waals surface area contributed by atoms with Gasteiger partial charge in [-0.05, 0) is 91.1 Å². The highest BCUT2D eigenvalue weighted by molar-refractivity contribution is 7.80. The Morgan fingerprint density at radius 1 is 0.865 bits per heavy atom. The second kappa shape index (κ2) is 10.8. The number of furan rings is 1. The number of fused-ring (bicyclic) bond motifs is 1. The fraction of sp³-hybridized carbons (Fsp3) is 0. The molecule has 2 heterocycles. The van der Waals surface area contributed by atoms with Crippen molar-refractivity contribution < 1.29 is 13.6 Å². The number of anilines is 1. The Kier molecular flexibility index (Phi) is 7.30. The maximum Gasteiger partial charge on any atom is 0.250 e. The Hall–Kier alpha value is -3.62. The Morgan fingerprint density at radius 3 is 2.43 bits per heavy atom. The first kappa shape index (κ1) is 25.0. The number of benzene rings is 3. The highest BCUT2D eigenvalue weighted by Crippen LogP contribution is 2.31. The lowest BCUT2D eigenvalue weighted by atomic mass is 10.2. The summed E-state index contributed by atoms with van der Waals surface area (Å²) in [6, 6.07) is 21.2. The van der Waals surface area contributed by atoms with Gasteiger partial charge in [-0.15, -0.1) is 0 Å². The van der Waals surface area contributed by atoms with E-state index in [9.17, 15) is 4.79 Å². The monoisotopic (exact) mass is 567 g/mol. The van der Waals surface area contributed by atoms with Crippen LogP contribution in [0.4, 0.5) is 5.69 Å². The second-order valence-electron chi connectivity index (χ2n) is 7.81. The first-order valence-corrected chi connectivity index (χ1v) is 12.4. The zero-order valence-corrected chi connectivity index (χ0v) is 21.9. The maximum absolute atomic E-state index is 12.4. The van der Waals surface area contributed by atoms with Gasteiger partial charge in [-0.1, -0.05) is 34.8 Å². The molecule has 0 saturated heterocycles. The minimum absolute atomic E-state index is 0.0688. The van der Waals surface area contributed by atoms with Crippen LogP contribution in [-0.2, 0) is 4.79 Å². The zero-order chi connectivity index (χ0) is 25.9. The maximum atomic E-state index is 12.4. The fourth-order valence-corrected chi connectivity index (χ4v) is 4.12. The van der Waals surface area contributed by atoms with Crippen molar-refractivity contribution in [2.45, 2.75) is 0 Å². The van der Waals surface area contributed by atoms with E-state index in [0.717, 1.165) is 5.56 Å². The molecule has 0 fully saturated rings. The van der Waals surface area contributed by atoms with E-state index >= 15 is 0 Å². The molecular weight excluding hydrogens is 553 g/mol. The molecule has 2 aromatic heterocycles. The number of hydrogen-bond donors (Lipinski definition) is 2. The molecule has 37 heavy (non-hydrogen) atoms. The predicted molar refractivity (Wildman–Crippen MR) is 152 cm³/mol. The summed E-state index contributed by atoms with van der Waals surface area (Å²) in [6.07, 6.45) is 2.87. The molecule has 0 unspecified atom stereocenters.